The zero-order valence-electron chi connectivity index (χ0n) is 18.5. The minimum atomic E-state index is 0.0596. The number of ether oxygens (including phenoxy) is 3. The third-order valence-corrected chi connectivity index (χ3v) is 6.22. The fraction of sp³-hybridized carbons (Fsp3) is 0.480. The minimum absolute atomic E-state index is 0.0596. The molecule has 2 aliphatic heterocycles. The maximum Gasteiger partial charge on any atom is 0.254 e. The number of fused-ring (bicyclic) bond motifs is 1. The molecule has 0 unspecified atom stereocenters. The van der Waals surface area contributed by atoms with Crippen molar-refractivity contribution in [3.05, 3.63) is 53.6 Å². The van der Waals surface area contributed by atoms with Gasteiger partial charge in [-0.05, 0) is 81.2 Å². The molecule has 1 saturated heterocycles. The number of hydrogen-bond donors (Lipinski definition) is 0. The van der Waals surface area contributed by atoms with E-state index in [1.54, 1.807) is 7.11 Å². The van der Waals surface area contributed by atoms with E-state index in [9.17, 15) is 4.79 Å². The molecule has 2 aromatic rings. The molecular weight excluding hydrogens is 392 g/mol. The zero-order valence-corrected chi connectivity index (χ0v) is 18.5. The normalized spacial score (nSPS) is 16.7. The first-order valence-electron chi connectivity index (χ1n) is 11.1. The molecule has 2 heterocycles. The molecule has 0 spiro atoms. The average molecular weight is 425 g/mol. The topological polar surface area (TPSA) is 51.2 Å². The molecule has 0 atom stereocenters. The monoisotopic (exact) mass is 424 g/mol. The number of carbonyl (C=O) groups excluding carboxylic acids is 1. The summed E-state index contributed by atoms with van der Waals surface area (Å²) < 4.78 is 16.6. The molecule has 0 radical (unpaired) electrons. The molecule has 0 bridgehead atoms. The number of benzene rings is 2. The lowest BCUT2D eigenvalue weighted by Crippen LogP contribution is -2.40. The summed E-state index contributed by atoms with van der Waals surface area (Å²) in [5.41, 5.74) is 1.86. The van der Waals surface area contributed by atoms with Gasteiger partial charge in [0.2, 0.25) is 0 Å². The van der Waals surface area contributed by atoms with Crippen LogP contribution >= 0.6 is 0 Å². The van der Waals surface area contributed by atoms with E-state index in [2.05, 4.69) is 24.1 Å². The van der Waals surface area contributed by atoms with Gasteiger partial charge in [0.15, 0.2) is 11.5 Å². The Morgan fingerprint density at radius 3 is 2.48 bits per heavy atom. The third-order valence-electron chi connectivity index (χ3n) is 6.22. The van der Waals surface area contributed by atoms with Crippen LogP contribution in [0, 0.1) is 5.92 Å². The lowest BCUT2D eigenvalue weighted by molar-refractivity contribution is 0.0699. The SMILES string of the molecule is COc1ccc(CCN(CC2CCN(C)CC2)C(=O)c2ccc3c(c2)OCCO3)cc1. The molecule has 6 heteroatoms. The summed E-state index contributed by atoms with van der Waals surface area (Å²) in [7, 11) is 3.84. The van der Waals surface area contributed by atoms with Crippen molar-refractivity contribution >= 4 is 5.91 Å². The Balaban J connectivity index is 1.48. The highest BCUT2D eigenvalue weighted by atomic mass is 16.6. The van der Waals surface area contributed by atoms with Crippen molar-refractivity contribution in [2.24, 2.45) is 5.92 Å². The van der Waals surface area contributed by atoms with Crippen molar-refractivity contribution in [1.82, 2.24) is 9.80 Å². The summed E-state index contributed by atoms with van der Waals surface area (Å²) in [6.45, 7) is 4.72. The molecule has 2 aliphatic rings. The molecule has 2 aromatic carbocycles. The van der Waals surface area contributed by atoms with Gasteiger partial charge in [0.05, 0.1) is 7.11 Å². The van der Waals surface area contributed by atoms with E-state index >= 15 is 0 Å². The van der Waals surface area contributed by atoms with Crippen LogP contribution in [0.3, 0.4) is 0 Å². The highest BCUT2D eigenvalue weighted by Crippen LogP contribution is 2.31. The largest absolute Gasteiger partial charge is 0.497 e. The van der Waals surface area contributed by atoms with E-state index in [-0.39, 0.29) is 5.91 Å². The summed E-state index contributed by atoms with van der Waals surface area (Å²) >= 11 is 0. The predicted molar refractivity (Wildman–Crippen MR) is 120 cm³/mol. The summed E-state index contributed by atoms with van der Waals surface area (Å²) in [5, 5.41) is 0. The highest BCUT2D eigenvalue weighted by Gasteiger charge is 2.24. The Morgan fingerprint density at radius 1 is 1.06 bits per heavy atom. The molecule has 166 valence electrons. The number of amides is 1. The molecular formula is C25H32N2O4. The third kappa shape index (κ3) is 5.50. The van der Waals surface area contributed by atoms with Crippen molar-refractivity contribution in [2.75, 3.05) is 53.6 Å². The molecule has 4 rings (SSSR count). The summed E-state index contributed by atoms with van der Waals surface area (Å²) in [5.74, 6) is 2.81. The lowest BCUT2D eigenvalue weighted by Gasteiger charge is -2.33. The Labute approximate surface area is 184 Å². The van der Waals surface area contributed by atoms with Gasteiger partial charge < -0.3 is 24.0 Å². The molecule has 1 amide bonds. The van der Waals surface area contributed by atoms with Crippen molar-refractivity contribution < 1.29 is 19.0 Å². The van der Waals surface area contributed by atoms with E-state index < -0.39 is 0 Å². The van der Waals surface area contributed by atoms with Gasteiger partial charge in [-0.3, -0.25) is 4.79 Å². The van der Waals surface area contributed by atoms with Gasteiger partial charge in [-0.2, -0.15) is 0 Å². The Morgan fingerprint density at radius 2 is 1.77 bits per heavy atom. The zero-order chi connectivity index (χ0) is 21.6. The smallest absolute Gasteiger partial charge is 0.254 e. The van der Waals surface area contributed by atoms with Crippen LogP contribution in [0.5, 0.6) is 17.2 Å². The summed E-state index contributed by atoms with van der Waals surface area (Å²) in [6, 6.07) is 13.6. The number of methoxy groups -OCH3 is 1. The fourth-order valence-electron chi connectivity index (χ4n) is 4.25. The first kappa shape index (κ1) is 21.5. The van der Waals surface area contributed by atoms with Crippen LogP contribution in [-0.4, -0.2) is 69.3 Å². The highest BCUT2D eigenvalue weighted by molar-refractivity contribution is 5.95. The van der Waals surface area contributed by atoms with Gasteiger partial charge in [0, 0.05) is 18.7 Å². The van der Waals surface area contributed by atoms with Crippen molar-refractivity contribution in [3.63, 3.8) is 0 Å². The number of piperidine rings is 1. The van der Waals surface area contributed by atoms with E-state index in [0.717, 1.165) is 44.6 Å². The summed E-state index contributed by atoms with van der Waals surface area (Å²) in [6.07, 6.45) is 3.07. The minimum Gasteiger partial charge on any atom is -0.497 e. The maximum absolute atomic E-state index is 13.5. The number of rotatable bonds is 7. The first-order valence-corrected chi connectivity index (χ1v) is 11.1. The number of hydrogen-bond acceptors (Lipinski definition) is 5. The van der Waals surface area contributed by atoms with E-state index in [1.165, 1.54) is 5.56 Å². The second-order valence-electron chi connectivity index (χ2n) is 8.45. The quantitative estimate of drug-likeness (QED) is 0.681. The molecule has 0 aliphatic carbocycles. The van der Waals surface area contributed by atoms with Gasteiger partial charge in [-0.15, -0.1) is 0 Å². The average Bonchev–Trinajstić information content (AvgIpc) is 2.82. The van der Waals surface area contributed by atoms with E-state index in [0.29, 0.717) is 42.7 Å². The standard InChI is InChI=1S/C25H32N2O4/c1-26-12-9-20(10-13-26)18-27(14-11-19-3-6-22(29-2)7-4-19)25(28)21-5-8-23-24(17-21)31-16-15-30-23/h3-8,17,20H,9-16,18H2,1-2H3. The van der Waals surface area contributed by atoms with Crippen LogP contribution in [0.2, 0.25) is 0 Å². The number of nitrogens with zero attached hydrogens (tertiary/aromatic N) is 2. The van der Waals surface area contributed by atoms with Crippen LogP contribution in [-0.2, 0) is 6.42 Å². The predicted octanol–water partition coefficient (Wildman–Crippen LogP) is 3.49. The van der Waals surface area contributed by atoms with Crippen LogP contribution in [0.4, 0.5) is 0 Å². The molecule has 0 N–H and O–H groups in total. The van der Waals surface area contributed by atoms with Crippen LogP contribution in [0.1, 0.15) is 28.8 Å². The van der Waals surface area contributed by atoms with E-state index in [1.807, 2.05) is 35.2 Å². The van der Waals surface area contributed by atoms with Crippen molar-refractivity contribution in [1.29, 1.82) is 0 Å². The Hall–Kier alpha value is -2.73. The molecule has 6 nitrogen and oxygen atoms in total. The second kappa shape index (κ2) is 10.1. The molecule has 0 saturated carbocycles. The Bertz CT molecular complexity index is 876. The van der Waals surface area contributed by atoms with Crippen LogP contribution in [0.25, 0.3) is 0 Å². The van der Waals surface area contributed by atoms with Crippen molar-refractivity contribution in [2.45, 2.75) is 19.3 Å². The van der Waals surface area contributed by atoms with Crippen LogP contribution < -0.4 is 14.2 Å². The second-order valence-corrected chi connectivity index (χ2v) is 8.45. The molecule has 0 aromatic heterocycles. The Kier molecular flexibility index (Phi) is 6.97. The van der Waals surface area contributed by atoms with Gasteiger partial charge in [0.25, 0.3) is 5.91 Å². The maximum atomic E-state index is 13.5. The summed E-state index contributed by atoms with van der Waals surface area (Å²) in [4.78, 5) is 17.9. The van der Waals surface area contributed by atoms with Crippen LogP contribution in [0.15, 0.2) is 42.5 Å². The lowest BCUT2D eigenvalue weighted by atomic mass is 9.96. The first-order chi connectivity index (χ1) is 15.1. The fourth-order valence-corrected chi connectivity index (χ4v) is 4.25. The van der Waals surface area contributed by atoms with E-state index in [4.69, 9.17) is 14.2 Å². The number of carbonyl (C=O) groups is 1. The van der Waals surface area contributed by atoms with Crippen molar-refractivity contribution in [3.8, 4) is 17.2 Å². The van der Waals surface area contributed by atoms with Gasteiger partial charge >= 0.3 is 0 Å². The van der Waals surface area contributed by atoms with Gasteiger partial charge in [0.1, 0.15) is 19.0 Å². The van der Waals surface area contributed by atoms with Gasteiger partial charge in [-0.25, -0.2) is 0 Å². The van der Waals surface area contributed by atoms with Gasteiger partial charge in [-0.1, -0.05) is 12.1 Å². The molecule has 31 heavy (non-hydrogen) atoms. The number of likely N-dealkylation sites (tertiary alicyclic amines) is 1. The molecule has 1 fully saturated rings.